The van der Waals surface area contributed by atoms with Gasteiger partial charge in [-0.25, -0.2) is 8.42 Å². The number of hydrogen-bond acceptors (Lipinski definition) is 4. The maximum Gasteiger partial charge on any atom is 0.246 e. The summed E-state index contributed by atoms with van der Waals surface area (Å²) in [6, 6.07) is 6.87. The van der Waals surface area contributed by atoms with Crippen LogP contribution < -0.4 is 0 Å². The normalized spacial score (nSPS) is 28.1. The number of benzene rings is 1. The van der Waals surface area contributed by atoms with Crippen LogP contribution in [0.4, 0.5) is 0 Å². The van der Waals surface area contributed by atoms with Gasteiger partial charge >= 0.3 is 0 Å². The number of ether oxygens (including phenoxy) is 1. The van der Waals surface area contributed by atoms with Gasteiger partial charge in [-0.3, -0.25) is 4.79 Å². The summed E-state index contributed by atoms with van der Waals surface area (Å²) >= 11 is 0. The zero-order valence-electron chi connectivity index (χ0n) is 17.1. The van der Waals surface area contributed by atoms with Gasteiger partial charge in [0.2, 0.25) is 15.7 Å². The molecule has 28 heavy (non-hydrogen) atoms. The fraction of sp³-hybridized carbons (Fsp3) is 0.476. The minimum atomic E-state index is -3.79. The van der Waals surface area contributed by atoms with Crippen molar-refractivity contribution in [3.05, 3.63) is 52.4 Å². The van der Waals surface area contributed by atoms with Crippen LogP contribution in [0, 0.1) is 12.8 Å². The van der Waals surface area contributed by atoms with Gasteiger partial charge < -0.3 is 4.74 Å². The molecule has 0 bridgehead atoms. The van der Waals surface area contributed by atoms with E-state index in [-0.39, 0.29) is 10.7 Å². The fourth-order valence-electron chi connectivity index (χ4n) is 4.86. The Hall–Kier alpha value is -1.70. The van der Waals surface area contributed by atoms with E-state index >= 15 is 0 Å². The van der Waals surface area contributed by atoms with Crippen molar-refractivity contribution in [2.75, 3.05) is 6.54 Å². The Morgan fingerprint density at radius 3 is 2.39 bits per heavy atom. The monoisotopic (exact) mass is 417 g/mol. The Bertz CT molecular complexity index is 1020. The lowest BCUT2D eigenvalue weighted by Gasteiger charge is -2.42. The van der Waals surface area contributed by atoms with Crippen molar-refractivity contribution in [1.82, 2.24) is 4.31 Å². The van der Waals surface area contributed by atoms with Crippen LogP contribution >= 0.6 is 0 Å². The highest BCUT2D eigenvalue weighted by atomic mass is 32.2. The number of allylic oxidation sites excluding steroid dienone is 2. The molecule has 1 fully saturated rings. The van der Waals surface area contributed by atoms with Gasteiger partial charge in [-0.2, -0.15) is 4.31 Å². The van der Waals surface area contributed by atoms with Crippen LogP contribution in [-0.4, -0.2) is 38.8 Å². The summed E-state index contributed by atoms with van der Waals surface area (Å²) in [6.07, 6.45) is 2.75. The van der Waals surface area contributed by atoms with E-state index in [1.807, 2.05) is 13.8 Å². The third kappa shape index (κ3) is 2.59. The number of carbonyl (C=O) groups is 1. The van der Waals surface area contributed by atoms with E-state index in [1.54, 1.807) is 30.5 Å². The van der Waals surface area contributed by atoms with Gasteiger partial charge in [0, 0.05) is 6.54 Å². The van der Waals surface area contributed by atoms with E-state index in [0.717, 1.165) is 21.9 Å². The summed E-state index contributed by atoms with van der Waals surface area (Å²) in [6.45, 7) is 10.6. The molecule has 0 radical (unpaired) electrons. The molecule has 1 spiro atoms. The van der Waals surface area contributed by atoms with E-state index in [1.165, 1.54) is 4.31 Å². The van der Waals surface area contributed by atoms with Crippen molar-refractivity contribution < 1.29 is 17.9 Å². The lowest BCUT2D eigenvalue weighted by atomic mass is 9.87. The van der Waals surface area contributed by atoms with Crippen molar-refractivity contribution in [2.45, 2.75) is 57.0 Å². The van der Waals surface area contributed by atoms with Gasteiger partial charge in [0.15, 0.2) is 5.78 Å². The van der Waals surface area contributed by atoms with Gasteiger partial charge in [0.25, 0.3) is 0 Å². The summed E-state index contributed by atoms with van der Waals surface area (Å²) in [7, 11) is -5.75. The molecule has 4 rings (SSSR count). The number of Topliss-reactive ketones (excluding diaryl/α,β-unsaturated/α-hetero) is 1. The average molecular weight is 418 g/mol. The molecule has 5 nitrogen and oxygen atoms in total. The molecular formula is C21H27NO4SSi. The Kier molecular flexibility index (Phi) is 4.30. The highest BCUT2D eigenvalue weighted by molar-refractivity contribution is 7.89. The van der Waals surface area contributed by atoms with Crippen molar-refractivity contribution in [3.63, 3.8) is 0 Å². The summed E-state index contributed by atoms with van der Waals surface area (Å²) in [5, 5.41) is 0.877. The number of sulfonamides is 1. The van der Waals surface area contributed by atoms with Crippen LogP contribution in [0.1, 0.15) is 25.3 Å². The number of nitrogens with zero attached hydrogens (tertiary/aromatic N) is 1. The number of rotatable bonds is 3. The second-order valence-electron chi connectivity index (χ2n) is 9.14. The van der Waals surface area contributed by atoms with Crippen molar-refractivity contribution >= 4 is 23.9 Å². The lowest BCUT2D eigenvalue weighted by Crippen LogP contribution is -2.55. The Labute approximate surface area is 168 Å². The molecule has 3 aliphatic rings. The molecule has 2 heterocycles. The van der Waals surface area contributed by atoms with Gasteiger partial charge in [-0.05, 0) is 55.2 Å². The molecular weight excluding hydrogens is 390 g/mol. The molecule has 1 aromatic carbocycles. The second-order valence-corrected chi connectivity index (χ2v) is 16.0. The second kappa shape index (κ2) is 6.15. The van der Waals surface area contributed by atoms with Crippen molar-refractivity contribution in [1.29, 1.82) is 0 Å². The number of carbonyl (C=O) groups excluding carboxylic acids is 1. The molecule has 0 N–H and O–H groups in total. The van der Waals surface area contributed by atoms with E-state index < -0.39 is 29.7 Å². The molecule has 7 heteroatoms. The molecule has 2 atom stereocenters. The van der Waals surface area contributed by atoms with E-state index in [2.05, 4.69) is 19.6 Å². The molecule has 1 aromatic rings. The highest BCUT2D eigenvalue weighted by Crippen LogP contribution is 2.56. The van der Waals surface area contributed by atoms with Gasteiger partial charge in [0.1, 0.15) is 0 Å². The fourth-order valence-corrected chi connectivity index (χ4v) is 8.69. The molecule has 1 aliphatic carbocycles. The van der Waals surface area contributed by atoms with Crippen molar-refractivity contribution in [3.8, 4) is 0 Å². The zero-order valence-corrected chi connectivity index (χ0v) is 18.9. The van der Waals surface area contributed by atoms with Gasteiger partial charge in [0.05, 0.1) is 25.1 Å². The topological polar surface area (TPSA) is 63.7 Å². The van der Waals surface area contributed by atoms with Crippen LogP contribution in [-0.2, 0) is 19.6 Å². The Morgan fingerprint density at radius 1 is 1.14 bits per heavy atom. The predicted molar refractivity (Wildman–Crippen MR) is 111 cm³/mol. The van der Waals surface area contributed by atoms with E-state index in [9.17, 15) is 13.2 Å². The van der Waals surface area contributed by atoms with Crippen LogP contribution in [0.5, 0.6) is 0 Å². The number of ketones is 1. The van der Waals surface area contributed by atoms with Crippen LogP contribution in [0.15, 0.2) is 51.8 Å². The van der Waals surface area contributed by atoms with E-state index in [0.29, 0.717) is 19.4 Å². The van der Waals surface area contributed by atoms with Gasteiger partial charge in [-0.15, -0.1) is 0 Å². The molecule has 150 valence electrons. The molecule has 2 aliphatic heterocycles. The first kappa shape index (κ1) is 19.6. The smallest absolute Gasteiger partial charge is 0.246 e. The maximum atomic E-state index is 13.6. The molecule has 0 amide bonds. The highest BCUT2D eigenvalue weighted by Gasteiger charge is 2.66. The largest absolute Gasteiger partial charge is 0.475 e. The molecule has 0 aromatic heterocycles. The lowest BCUT2D eigenvalue weighted by molar-refractivity contribution is -0.131. The average Bonchev–Trinajstić information content (AvgIpc) is 3.07. The number of hydrogen-bond donors (Lipinski definition) is 0. The first-order chi connectivity index (χ1) is 13.0. The maximum absolute atomic E-state index is 13.6. The number of aryl methyl sites for hydroxylation is 1. The van der Waals surface area contributed by atoms with Crippen molar-refractivity contribution in [2.24, 2.45) is 5.92 Å². The third-order valence-electron chi connectivity index (χ3n) is 6.03. The first-order valence-electron chi connectivity index (χ1n) is 9.71. The molecule has 1 saturated heterocycles. The molecule has 0 saturated carbocycles. The van der Waals surface area contributed by atoms with Crippen LogP contribution in [0.3, 0.4) is 0 Å². The SMILES string of the molecule is CC1=CO[C@]23C(=C([Si](C)(C)C)C(=O)[C@H]2C1)CCN3S(=O)(=O)c1ccc(C)cc1. The predicted octanol–water partition coefficient (Wildman–Crippen LogP) is 3.78. The minimum absolute atomic E-state index is 0.0884. The Balaban J connectivity index is 1.91. The standard InChI is InChI=1S/C21H27NO4SSi/c1-14-6-8-16(9-7-14)27(24,25)22-11-10-17-20(28(3,4)5)19(23)18-12-15(2)13-26-21(17,18)22/h6-9,13,18H,10-12H2,1-5H3/t18-,21-/m1/s1. The molecule has 0 unspecified atom stereocenters. The first-order valence-corrected chi connectivity index (χ1v) is 14.6. The van der Waals surface area contributed by atoms with Crippen LogP contribution in [0.25, 0.3) is 0 Å². The quantitative estimate of drug-likeness (QED) is 0.702. The van der Waals surface area contributed by atoms with E-state index in [4.69, 9.17) is 4.74 Å². The summed E-state index contributed by atoms with van der Waals surface area (Å²) in [5.41, 5.74) is 1.69. The summed E-state index contributed by atoms with van der Waals surface area (Å²) in [4.78, 5) is 13.7. The van der Waals surface area contributed by atoms with Gasteiger partial charge in [-0.1, -0.05) is 37.3 Å². The minimum Gasteiger partial charge on any atom is -0.475 e. The third-order valence-corrected chi connectivity index (χ3v) is 9.98. The summed E-state index contributed by atoms with van der Waals surface area (Å²) in [5.74, 6) is -0.401. The zero-order chi connectivity index (χ0) is 20.5. The Morgan fingerprint density at radius 2 is 1.79 bits per heavy atom. The summed E-state index contributed by atoms with van der Waals surface area (Å²) < 4.78 is 34.8. The van der Waals surface area contributed by atoms with Crippen LogP contribution in [0.2, 0.25) is 19.6 Å².